The summed E-state index contributed by atoms with van der Waals surface area (Å²) in [6.45, 7) is 0. The lowest BCUT2D eigenvalue weighted by Gasteiger charge is -2.31. The fourth-order valence-corrected chi connectivity index (χ4v) is 3.85. The summed E-state index contributed by atoms with van der Waals surface area (Å²) < 4.78 is 0. The van der Waals surface area contributed by atoms with Gasteiger partial charge >= 0.3 is 5.97 Å². The number of aliphatic carboxylic acids is 1. The van der Waals surface area contributed by atoms with Gasteiger partial charge in [-0.05, 0) is 12.8 Å². The molecule has 5 nitrogen and oxygen atoms in total. The predicted molar refractivity (Wildman–Crippen MR) is 67.1 cm³/mol. The van der Waals surface area contributed by atoms with Crippen molar-refractivity contribution in [1.29, 1.82) is 0 Å². The Morgan fingerprint density at radius 3 is 2.50 bits per heavy atom. The van der Waals surface area contributed by atoms with Gasteiger partial charge in [0.25, 0.3) is 0 Å². The van der Waals surface area contributed by atoms with Crippen LogP contribution in [0.15, 0.2) is 0 Å². The molecule has 0 aromatic heterocycles. The number of rotatable bonds is 3. The Morgan fingerprint density at radius 1 is 1.22 bits per heavy atom. The van der Waals surface area contributed by atoms with Crippen LogP contribution in [0.3, 0.4) is 0 Å². The van der Waals surface area contributed by atoms with Crippen LogP contribution in [0.4, 0.5) is 0 Å². The Balaban J connectivity index is 2.10. The summed E-state index contributed by atoms with van der Waals surface area (Å²) in [7, 11) is 0. The first-order valence-electron chi connectivity index (χ1n) is 6.21. The molecule has 1 saturated heterocycles. The van der Waals surface area contributed by atoms with E-state index in [9.17, 15) is 19.5 Å². The average molecular weight is 271 g/mol. The number of carbonyl (C=O) groups is 3. The molecular weight excluding hydrogens is 254 g/mol. The van der Waals surface area contributed by atoms with Gasteiger partial charge in [-0.1, -0.05) is 12.8 Å². The van der Waals surface area contributed by atoms with E-state index in [0.29, 0.717) is 24.5 Å². The maximum absolute atomic E-state index is 12.4. The summed E-state index contributed by atoms with van der Waals surface area (Å²) in [5.41, 5.74) is 0. The molecule has 0 aromatic carbocycles. The highest BCUT2D eigenvalue weighted by atomic mass is 32.2. The molecule has 1 heterocycles. The molecule has 1 aliphatic carbocycles. The second-order valence-corrected chi connectivity index (χ2v) is 5.85. The fraction of sp³-hybridized carbons (Fsp3) is 0.750. The van der Waals surface area contributed by atoms with Crippen LogP contribution in [0.2, 0.25) is 0 Å². The molecular formula is C12H17NO4S. The summed E-state index contributed by atoms with van der Waals surface area (Å²) >= 11 is 1.54. The van der Waals surface area contributed by atoms with Crippen molar-refractivity contribution >= 4 is 29.9 Å². The van der Waals surface area contributed by atoms with Crippen LogP contribution in [-0.4, -0.2) is 45.8 Å². The Morgan fingerprint density at radius 2 is 1.89 bits per heavy atom. The molecule has 3 atom stereocenters. The van der Waals surface area contributed by atoms with Crippen LogP contribution in [0.25, 0.3) is 0 Å². The van der Waals surface area contributed by atoms with Gasteiger partial charge in [0.2, 0.25) is 5.91 Å². The molecule has 6 heteroatoms. The average Bonchev–Trinajstić information content (AvgIpc) is 2.86. The zero-order valence-corrected chi connectivity index (χ0v) is 10.9. The van der Waals surface area contributed by atoms with Gasteiger partial charge in [-0.15, -0.1) is 11.8 Å². The van der Waals surface area contributed by atoms with E-state index in [1.807, 2.05) is 0 Å². The van der Waals surface area contributed by atoms with Crippen LogP contribution >= 0.6 is 11.8 Å². The third-order valence-corrected chi connectivity index (χ3v) is 4.80. The van der Waals surface area contributed by atoms with Crippen molar-refractivity contribution in [3.8, 4) is 0 Å². The second-order valence-electron chi connectivity index (χ2n) is 4.85. The molecule has 0 radical (unpaired) electrons. The monoisotopic (exact) mass is 271 g/mol. The number of carboxylic acids is 1. The third kappa shape index (κ3) is 2.53. The number of nitrogens with zero attached hydrogens (tertiary/aromatic N) is 1. The molecule has 1 aliphatic heterocycles. The normalized spacial score (nSPS) is 32.2. The number of amides is 1. The highest BCUT2D eigenvalue weighted by Gasteiger charge is 2.40. The van der Waals surface area contributed by atoms with Gasteiger partial charge in [0, 0.05) is 5.75 Å². The lowest BCUT2D eigenvalue weighted by Crippen LogP contribution is -2.45. The molecule has 2 fully saturated rings. The van der Waals surface area contributed by atoms with Crippen molar-refractivity contribution in [3.05, 3.63) is 0 Å². The lowest BCUT2D eigenvalue weighted by atomic mass is 9.78. The lowest BCUT2D eigenvalue weighted by molar-refractivity contribution is -0.152. The number of hydrogen-bond acceptors (Lipinski definition) is 4. The van der Waals surface area contributed by atoms with Crippen LogP contribution in [0.5, 0.6) is 0 Å². The van der Waals surface area contributed by atoms with Gasteiger partial charge in [-0.2, -0.15) is 0 Å². The fourth-order valence-electron chi connectivity index (χ4n) is 2.73. The minimum atomic E-state index is -0.887. The topological polar surface area (TPSA) is 74.7 Å². The van der Waals surface area contributed by atoms with Crippen molar-refractivity contribution in [2.75, 3.05) is 11.6 Å². The first kappa shape index (κ1) is 13.4. The Hall–Kier alpha value is -1.04. The molecule has 18 heavy (non-hydrogen) atoms. The molecule has 1 N–H and O–H groups in total. The quantitative estimate of drug-likeness (QED) is 0.774. The Bertz CT molecular complexity index is 360. The first-order chi connectivity index (χ1) is 8.65. The number of carboxylic acid groups (broad SMARTS) is 1. The zero-order valence-electron chi connectivity index (χ0n) is 10.1. The first-order valence-corrected chi connectivity index (χ1v) is 7.37. The van der Waals surface area contributed by atoms with Gasteiger partial charge in [-0.3, -0.25) is 9.59 Å². The number of hydrogen-bond donors (Lipinski definition) is 1. The molecule has 1 unspecified atom stereocenters. The molecule has 2 rings (SSSR count). The van der Waals surface area contributed by atoms with E-state index in [0.717, 1.165) is 19.1 Å². The SMILES string of the molecule is O=CC1CSCN1C(=O)[C@H]1CCCC[C@H]1C(=O)O. The summed E-state index contributed by atoms with van der Waals surface area (Å²) in [5, 5.41) is 9.18. The van der Waals surface area contributed by atoms with Gasteiger partial charge < -0.3 is 14.8 Å². The summed E-state index contributed by atoms with van der Waals surface area (Å²) in [6.07, 6.45) is 3.75. The number of aldehydes is 1. The predicted octanol–water partition coefficient (Wildman–Crippen LogP) is 0.978. The van der Waals surface area contributed by atoms with Crippen molar-refractivity contribution in [2.45, 2.75) is 31.7 Å². The third-order valence-electron chi connectivity index (χ3n) is 3.76. The maximum Gasteiger partial charge on any atom is 0.307 e. The van der Waals surface area contributed by atoms with E-state index in [-0.39, 0.29) is 11.9 Å². The molecule has 1 saturated carbocycles. The van der Waals surface area contributed by atoms with E-state index in [1.54, 1.807) is 16.7 Å². The van der Waals surface area contributed by atoms with Crippen LogP contribution < -0.4 is 0 Å². The molecule has 0 spiro atoms. The number of carbonyl (C=O) groups excluding carboxylic acids is 2. The minimum Gasteiger partial charge on any atom is -0.481 e. The molecule has 0 bridgehead atoms. The zero-order chi connectivity index (χ0) is 13.1. The van der Waals surface area contributed by atoms with E-state index in [1.165, 1.54) is 0 Å². The standard InChI is InChI=1S/C12H17NO4S/c14-5-8-6-18-7-13(8)11(15)9-3-1-2-4-10(9)12(16)17/h5,8-10H,1-4,6-7H2,(H,16,17)/t8?,9-,10+/m0/s1. The van der Waals surface area contributed by atoms with Crippen molar-refractivity contribution in [1.82, 2.24) is 4.90 Å². The van der Waals surface area contributed by atoms with E-state index < -0.39 is 17.8 Å². The molecule has 0 aromatic rings. The van der Waals surface area contributed by atoms with Crippen LogP contribution in [-0.2, 0) is 14.4 Å². The highest BCUT2D eigenvalue weighted by molar-refractivity contribution is 7.99. The number of thioether (sulfide) groups is 1. The van der Waals surface area contributed by atoms with E-state index in [4.69, 9.17) is 0 Å². The smallest absolute Gasteiger partial charge is 0.307 e. The van der Waals surface area contributed by atoms with Crippen molar-refractivity contribution in [3.63, 3.8) is 0 Å². The van der Waals surface area contributed by atoms with E-state index in [2.05, 4.69) is 0 Å². The largest absolute Gasteiger partial charge is 0.481 e. The van der Waals surface area contributed by atoms with Gasteiger partial charge in [0.1, 0.15) is 6.29 Å². The molecule has 100 valence electrons. The maximum atomic E-state index is 12.4. The molecule has 2 aliphatic rings. The highest BCUT2D eigenvalue weighted by Crippen LogP contribution is 2.33. The summed E-state index contributed by atoms with van der Waals surface area (Å²) in [4.78, 5) is 36.0. The van der Waals surface area contributed by atoms with E-state index >= 15 is 0 Å². The van der Waals surface area contributed by atoms with Gasteiger partial charge in [0.05, 0.1) is 23.8 Å². The Labute approximate surface area is 110 Å². The molecule has 1 amide bonds. The van der Waals surface area contributed by atoms with Gasteiger partial charge in [0.15, 0.2) is 0 Å². The minimum absolute atomic E-state index is 0.149. The summed E-state index contributed by atoms with van der Waals surface area (Å²) in [6, 6.07) is -0.376. The summed E-state index contributed by atoms with van der Waals surface area (Å²) in [5.74, 6) is -0.932. The Kier molecular flexibility index (Phi) is 4.27. The second kappa shape index (κ2) is 5.73. The van der Waals surface area contributed by atoms with Crippen molar-refractivity contribution < 1.29 is 19.5 Å². The van der Waals surface area contributed by atoms with Crippen molar-refractivity contribution in [2.24, 2.45) is 11.8 Å². The van der Waals surface area contributed by atoms with Crippen LogP contribution in [0, 0.1) is 11.8 Å². The van der Waals surface area contributed by atoms with Gasteiger partial charge in [-0.25, -0.2) is 0 Å². The van der Waals surface area contributed by atoms with Crippen LogP contribution in [0.1, 0.15) is 25.7 Å².